The van der Waals surface area contributed by atoms with Crippen LogP contribution in [-0.2, 0) is 13.1 Å². The average molecular weight is 287 g/mol. The number of quaternary nitrogens is 1. The molecule has 6 heteroatoms. The van der Waals surface area contributed by atoms with Crippen LogP contribution >= 0.6 is 46.4 Å². The average Bonchev–Trinajstić information content (AvgIpc) is 2.48. The summed E-state index contributed by atoms with van der Waals surface area (Å²) in [4.78, 5) is 0. The molecule has 0 amide bonds. The predicted molar refractivity (Wildman–Crippen MR) is 63.4 cm³/mol. The molecule has 1 aliphatic rings. The minimum Gasteiger partial charge on any atom is -0.632 e. The number of hydroxylamine groups is 3. The largest absolute Gasteiger partial charge is 0.632 e. The Hall–Kier alpha value is 0.300. The standard InChI is InChI=1S/C9H7Cl4NO/c1-14(15)2-4-5(3-14)7(11)9(13)8(12)6(4)10/h2-3H2,1H3. The van der Waals surface area contributed by atoms with Gasteiger partial charge >= 0.3 is 0 Å². The van der Waals surface area contributed by atoms with Crippen molar-refractivity contribution in [2.24, 2.45) is 0 Å². The monoisotopic (exact) mass is 285 g/mol. The smallest absolute Gasteiger partial charge is 0.106 e. The van der Waals surface area contributed by atoms with Gasteiger partial charge in [-0.3, -0.25) is 0 Å². The first kappa shape index (κ1) is 11.8. The van der Waals surface area contributed by atoms with Crippen molar-refractivity contribution in [1.29, 1.82) is 0 Å². The Bertz CT molecular complexity index is 405. The third kappa shape index (κ3) is 1.84. The zero-order valence-electron chi connectivity index (χ0n) is 7.78. The summed E-state index contributed by atoms with van der Waals surface area (Å²) < 4.78 is -0.425. The topological polar surface area (TPSA) is 23.1 Å². The van der Waals surface area contributed by atoms with Crippen LogP contribution < -0.4 is 0 Å². The Labute approximate surface area is 107 Å². The molecule has 0 saturated carbocycles. The highest BCUT2D eigenvalue weighted by Crippen LogP contribution is 2.45. The van der Waals surface area contributed by atoms with Gasteiger partial charge in [-0.15, -0.1) is 0 Å². The second kappa shape index (κ2) is 3.66. The van der Waals surface area contributed by atoms with E-state index >= 15 is 0 Å². The van der Waals surface area contributed by atoms with Gasteiger partial charge in [-0.05, 0) is 0 Å². The van der Waals surface area contributed by atoms with E-state index in [4.69, 9.17) is 46.4 Å². The van der Waals surface area contributed by atoms with Gasteiger partial charge in [0.1, 0.15) is 13.1 Å². The second-order valence-electron chi connectivity index (χ2n) is 3.83. The van der Waals surface area contributed by atoms with Crippen molar-refractivity contribution < 1.29 is 4.65 Å². The molecule has 0 N–H and O–H groups in total. The normalized spacial score (nSPS) is 18.0. The fourth-order valence-corrected chi connectivity index (χ4v) is 2.83. The first-order valence-electron chi connectivity index (χ1n) is 4.23. The van der Waals surface area contributed by atoms with E-state index in [0.29, 0.717) is 21.2 Å². The van der Waals surface area contributed by atoms with Crippen LogP contribution in [0.5, 0.6) is 0 Å². The Morgan fingerprint density at radius 3 is 1.53 bits per heavy atom. The van der Waals surface area contributed by atoms with Crippen LogP contribution in [0.3, 0.4) is 0 Å². The third-order valence-corrected chi connectivity index (χ3v) is 4.34. The maximum atomic E-state index is 11.8. The number of rotatable bonds is 0. The first-order valence-corrected chi connectivity index (χ1v) is 5.74. The highest BCUT2D eigenvalue weighted by atomic mass is 35.5. The zero-order valence-corrected chi connectivity index (χ0v) is 10.8. The highest BCUT2D eigenvalue weighted by Gasteiger charge is 2.32. The molecule has 0 unspecified atom stereocenters. The van der Waals surface area contributed by atoms with E-state index in [0.717, 1.165) is 0 Å². The highest BCUT2D eigenvalue weighted by molar-refractivity contribution is 6.52. The Morgan fingerprint density at radius 2 is 1.20 bits per heavy atom. The van der Waals surface area contributed by atoms with E-state index < -0.39 is 4.65 Å². The summed E-state index contributed by atoms with van der Waals surface area (Å²) in [6.07, 6.45) is 0. The second-order valence-corrected chi connectivity index (χ2v) is 5.34. The summed E-state index contributed by atoms with van der Waals surface area (Å²) >= 11 is 23.8. The van der Waals surface area contributed by atoms with Crippen molar-refractivity contribution in [1.82, 2.24) is 0 Å². The maximum Gasteiger partial charge on any atom is 0.106 e. The molecule has 0 aliphatic carbocycles. The summed E-state index contributed by atoms with van der Waals surface area (Å²) in [6, 6.07) is 0. The van der Waals surface area contributed by atoms with E-state index in [-0.39, 0.29) is 23.1 Å². The van der Waals surface area contributed by atoms with Gasteiger partial charge < -0.3 is 9.85 Å². The fourth-order valence-electron chi connectivity index (χ4n) is 1.78. The van der Waals surface area contributed by atoms with E-state index in [1.165, 1.54) is 0 Å². The molecule has 1 aliphatic heterocycles. The molecular weight excluding hydrogens is 280 g/mol. The summed E-state index contributed by atoms with van der Waals surface area (Å²) in [5.74, 6) is 0. The molecular formula is C9H7Cl4NO. The van der Waals surface area contributed by atoms with Gasteiger partial charge in [0, 0.05) is 11.1 Å². The molecule has 0 aromatic heterocycles. The van der Waals surface area contributed by atoms with Crippen molar-refractivity contribution in [2.45, 2.75) is 13.1 Å². The van der Waals surface area contributed by atoms with E-state index in [9.17, 15) is 5.21 Å². The van der Waals surface area contributed by atoms with Gasteiger partial charge in [0.15, 0.2) is 0 Å². The van der Waals surface area contributed by atoms with Crippen LogP contribution in [0.2, 0.25) is 20.1 Å². The van der Waals surface area contributed by atoms with Gasteiger partial charge in [-0.2, -0.15) is 0 Å². The lowest BCUT2D eigenvalue weighted by Gasteiger charge is -2.33. The molecule has 0 atom stereocenters. The van der Waals surface area contributed by atoms with Crippen LogP contribution in [0.4, 0.5) is 0 Å². The molecule has 1 aromatic rings. The molecule has 0 saturated heterocycles. The molecule has 15 heavy (non-hydrogen) atoms. The summed E-state index contributed by atoms with van der Waals surface area (Å²) in [5.41, 5.74) is 1.43. The van der Waals surface area contributed by atoms with E-state index in [2.05, 4.69) is 0 Å². The Kier molecular flexibility index (Phi) is 2.87. The van der Waals surface area contributed by atoms with Crippen molar-refractivity contribution in [3.05, 3.63) is 36.4 Å². The van der Waals surface area contributed by atoms with Crippen LogP contribution in [0.15, 0.2) is 0 Å². The van der Waals surface area contributed by atoms with Gasteiger partial charge in [-0.1, -0.05) is 46.4 Å². The molecule has 0 spiro atoms. The number of hydrogen-bond acceptors (Lipinski definition) is 1. The minimum absolute atomic E-state index is 0.226. The van der Waals surface area contributed by atoms with E-state index in [1.807, 2.05) is 0 Å². The SMILES string of the molecule is C[N+]1([O-])Cc2c(Cl)c(Cl)c(Cl)c(Cl)c2C1. The molecule has 2 nitrogen and oxygen atoms in total. The fraction of sp³-hybridized carbons (Fsp3) is 0.333. The zero-order chi connectivity index (χ0) is 11.4. The minimum atomic E-state index is -0.425. The lowest BCUT2D eigenvalue weighted by Crippen LogP contribution is -2.30. The Morgan fingerprint density at radius 1 is 0.867 bits per heavy atom. The number of benzene rings is 1. The molecule has 0 fully saturated rings. The quantitative estimate of drug-likeness (QED) is 0.302. The number of hydrogen-bond donors (Lipinski definition) is 0. The molecule has 82 valence electrons. The van der Waals surface area contributed by atoms with Crippen molar-refractivity contribution in [3.63, 3.8) is 0 Å². The van der Waals surface area contributed by atoms with Gasteiger partial charge in [0.05, 0.1) is 27.1 Å². The molecule has 0 bridgehead atoms. The van der Waals surface area contributed by atoms with Crippen LogP contribution in [0, 0.1) is 5.21 Å². The van der Waals surface area contributed by atoms with Crippen molar-refractivity contribution >= 4 is 46.4 Å². The summed E-state index contributed by atoms with van der Waals surface area (Å²) in [7, 11) is 1.56. The summed E-state index contributed by atoms with van der Waals surface area (Å²) in [6.45, 7) is 0.565. The van der Waals surface area contributed by atoms with Crippen LogP contribution in [-0.4, -0.2) is 11.7 Å². The maximum absolute atomic E-state index is 11.8. The lowest BCUT2D eigenvalue weighted by molar-refractivity contribution is -0.880. The first-order chi connectivity index (χ1) is 6.83. The van der Waals surface area contributed by atoms with E-state index in [1.54, 1.807) is 7.05 Å². The van der Waals surface area contributed by atoms with Crippen LogP contribution in [0.25, 0.3) is 0 Å². The molecule has 0 radical (unpaired) electrons. The number of halogens is 4. The third-order valence-electron chi connectivity index (χ3n) is 2.46. The summed E-state index contributed by atoms with van der Waals surface area (Å²) in [5, 5.41) is 13.0. The number of fused-ring (bicyclic) bond motifs is 1. The molecule has 2 rings (SSSR count). The Balaban J connectivity index is 2.69. The van der Waals surface area contributed by atoms with Gasteiger partial charge in [0.25, 0.3) is 0 Å². The van der Waals surface area contributed by atoms with Crippen molar-refractivity contribution in [3.8, 4) is 0 Å². The lowest BCUT2D eigenvalue weighted by atomic mass is 10.1. The van der Waals surface area contributed by atoms with Gasteiger partial charge in [-0.25, -0.2) is 0 Å². The molecule has 1 heterocycles. The van der Waals surface area contributed by atoms with Crippen molar-refractivity contribution in [2.75, 3.05) is 7.05 Å². The van der Waals surface area contributed by atoms with Gasteiger partial charge in [0.2, 0.25) is 0 Å². The molecule has 1 aromatic carbocycles. The predicted octanol–water partition coefficient (Wildman–Crippen LogP) is 4.26. The number of nitrogens with zero attached hydrogens (tertiary/aromatic N) is 1. The van der Waals surface area contributed by atoms with Crippen LogP contribution in [0.1, 0.15) is 11.1 Å².